The first-order valence-corrected chi connectivity index (χ1v) is 13.7. The quantitative estimate of drug-likeness (QED) is 0.169. The fourth-order valence-corrected chi connectivity index (χ4v) is 5.12. The van der Waals surface area contributed by atoms with Crippen molar-refractivity contribution in [2.24, 2.45) is 7.05 Å². The maximum Gasteiger partial charge on any atom is 0.342 e. The third-order valence-electron chi connectivity index (χ3n) is 7.52. The number of hydrogen-bond acceptors (Lipinski definition) is 10. The van der Waals surface area contributed by atoms with Crippen molar-refractivity contribution in [3.63, 3.8) is 0 Å². The lowest BCUT2D eigenvalue weighted by Crippen LogP contribution is -2.50. The van der Waals surface area contributed by atoms with Crippen LogP contribution in [0.25, 0.3) is 22.2 Å². The second-order valence-corrected chi connectivity index (χ2v) is 11.1. The Bertz CT molecular complexity index is 1640. The minimum absolute atomic E-state index is 0.0238. The van der Waals surface area contributed by atoms with E-state index in [1.165, 1.54) is 12.3 Å². The van der Waals surface area contributed by atoms with Gasteiger partial charge in [-0.3, -0.25) is 15.0 Å². The number of hydrogen-bond donors (Lipinski definition) is 1. The van der Waals surface area contributed by atoms with Crippen LogP contribution in [0, 0.1) is 17.0 Å². The zero-order chi connectivity index (χ0) is 30.1. The number of benzene rings is 2. The molecule has 12 heteroatoms. The Balaban J connectivity index is 1.53. The number of anilines is 3. The average Bonchev–Trinajstić information content (AvgIpc) is 3.27. The standard InChI is InChI=1S/C30H36N8O4/c1-19-13-26(36(5)12-11-34(2)3)27(38(40)41)14-24(19)32-30-31-15-22(29(39)42-20-16-35(4)17-20)28(33-30)23-18-37(6)25-10-8-7-9-21(23)25/h7-10,13-15,18,20H,11-12,16-17H2,1-6H3,(H,31,32,33). The number of fused-ring (bicyclic) bond motifs is 1. The lowest BCUT2D eigenvalue weighted by atomic mass is 10.1. The highest BCUT2D eigenvalue weighted by atomic mass is 16.6. The Labute approximate surface area is 244 Å². The molecule has 1 N–H and O–H groups in total. The number of carbonyl (C=O) groups is 1. The van der Waals surface area contributed by atoms with Gasteiger partial charge in [0.05, 0.1) is 16.3 Å². The summed E-state index contributed by atoms with van der Waals surface area (Å²) in [6, 6.07) is 11.2. The van der Waals surface area contributed by atoms with Crippen LogP contribution in [0.3, 0.4) is 0 Å². The van der Waals surface area contributed by atoms with Gasteiger partial charge in [0, 0.05) is 75.2 Å². The summed E-state index contributed by atoms with van der Waals surface area (Å²) < 4.78 is 7.72. The van der Waals surface area contributed by atoms with Gasteiger partial charge in [0.15, 0.2) is 0 Å². The number of carbonyl (C=O) groups excluding carboxylic acids is 1. The molecule has 3 heterocycles. The number of nitro benzene ring substituents is 1. The van der Waals surface area contributed by atoms with Crippen LogP contribution in [0.1, 0.15) is 15.9 Å². The normalized spacial score (nSPS) is 13.8. The summed E-state index contributed by atoms with van der Waals surface area (Å²) in [6.45, 7) is 4.61. The first kappa shape index (κ1) is 29.0. The number of ether oxygens (including phenoxy) is 1. The monoisotopic (exact) mass is 572 g/mol. The van der Waals surface area contributed by atoms with Gasteiger partial charge in [-0.25, -0.2) is 14.8 Å². The van der Waals surface area contributed by atoms with Crippen LogP contribution in [0.5, 0.6) is 0 Å². The van der Waals surface area contributed by atoms with E-state index in [0.29, 0.717) is 36.7 Å². The molecule has 0 saturated carbocycles. The molecule has 5 rings (SSSR count). The second kappa shape index (κ2) is 11.7. The highest BCUT2D eigenvalue weighted by Crippen LogP contribution is 2.36. The summed E-state index contributed by atoms with van der Waals surface area (Å²) in [5.74, 6) is -0.275. The van der Waals surface area contributed by atoms with Crippen LogP contribution < -0.4 is 10.2 Å². The van der Waals surface area contributed by atoms with Gasteiger partial charge in [0.2, 0.25) is 5.95 Å². The molecule has 1 saturated heterocycles. The van der Waals surface area contributed by atoms with E-state index in [1.54, 1.807) is 6.07 Å². The lowest BCUT2D eigenvalue weighted by Gasteiger charge is -2.35. The molecule has 4 aromatic rings. The zero-order valence-corrected chi connectivity index (χ0v) is 24.8. The Morgan fingerprint density at radius 3 is 2.60 bits per heavy atom. The summed E-state index contributed by atoms with van der Waals surface area (Å²) in [7, 11) is 9.68. The van der Waals surface area contributed by atoms with Crippen LogP contribution in [-0.2, 0) is 11.8 Å². The van der Waals surface area contributed by atoms with Crippen LogP contribution in [0.4, 0.5) is 23.0 Å². The number of aryl methyl sites for hydroxylation is 2. The van der Waals surface area contributed by atoms with Crippen molar-refractivity contribution < 1.29 is 14.5 Å². The molecule has 220 valence electrons. The third kappa shape index (κ3) is 5.90. The highest BCUT2D eigenvalue weighted by Gasteiger charge is 2.30. The number of esters is 1. The maximum absolute atomic E-state index is 13.3. The molecule has 1 aliphatic rings. The van der Waals surface area contributed by atoms with Gasteiger partial charge in [0.25, 0.3) is 5.69 Å². The number of rotatable bonds is 10. The van der Waals surface area contributed by atoms with Gasteiger partial charge in [-0.15, -0.1) is 0 Å². The van der Waals surface area contributed by atoms with Crippen molar-refractivity contribution in [2.45, 2.75) is 13.0 Å². The van der Waals surface area contributed by atoms with E-state index >= 15 is 0 Å². The molecule has 0 bridgehead atoms. The molecule has 2 aromatic heterocycles. The van der Waals surface area contributed by atoms with E-state index < -0.39 is 5.97 Å². The molecule has 0 amide bonds. The van der Waals surface area contributed by atoms with Gasteiger partial charge in [0.1, 0.15) is 17.4 Å². The fourth-order valence-electron chi connectivity index (χ4n) is 5.12. The SMILES string of the molecule is Cc1cc(N(C)CCN(C)C)c([N+](=O)[O-])cc1Nc1ncc(C(=O)OC2CN(C)C2)c(-c2cn(C)c3ccccc23)n1. The number of aromatic nitrogens is 3. The van der Waals surface area contributed by atoms with Crippen molar-refractivity contribution in [3.05, 3.63) is 70.0 Å². The van der Waals surface area contributed by atoms with E-state index in [9.17, 15) is 14.9 Å². The Morgan fingerprint density at radius 2 is 1.90 bits per heavy atom. The molecule has 1 fully saturated rings. The minimum atomic E-state index is -0.487. The second-order valence-electron chi connectivity index (χ2n) is 11.1. The first-order valence-electron chi connectivity index (χ1n) is 13.7. The van der Waals surface area contributed by atoms with Crippen molar-refractivity contribution in [2.75, 3.05) is 64.6 Å². The van der Waals surface area contributed by atoms with Crippen molar-refractivity contribution in [3.8, 4) is 11.3 Å². The van der Waals surface area contributed by atoms with Crippen LogP contribution >= 0.6 is 0 Å². The molecule has 0 aliphatic carbocycles. The molecule has 0 radical (unpaired) electrons. The van der Waals surface area contributed by atoms with E-state index in [1.807, 2.05) is 87.0 Å². The van der Waals surface area contributed by atoms with Crippen molar-refractivity contribution in [1.29, 1.82) is 0 Å². The number of likely N-dealkylation sites (N-methyl/N-ethyl adjacent to an activating group) is 3. The van der Waals surface area contributed by atoms with E-state index in [0.717, 1.165) is 28.6 Å². The Kier molecular flexibility index (Phi) is 8.10. The Morgan fingerprint density at radius 1 is 1.17 bits per heavy atom. The smallest absolute Gasteiger partial charge is 0.342 e. The van der Waals surface area contributed by atoms with Crippen LogP contribution in [0.2, 0.25) is 0 Å². The molecule has 12 nitrogen and oxygen atoms in total. The molecule has 42 heavy (non-hydrogen) atoms. The Hall–Kier alpha value is -4.55. The summed E-state index contributed by atoms with van der Waals surface area (Å²) in [4.78, 5) is 40.2. The van der Waals surface area contributed by atoms with Gasteiger partial charge in [-0.1, -0.05) is 18.2 Å². The number of para-hydroxylation sites is 1. The predicted octanol–water partition coefficient (Wildman–Crippen LogP) is 4.06. The molecule has 2 aromatic carbocycles. The lowest BCUT2D eigenvalue weighted by molar-refractivity contribution is -0.384. The number of nitrogens with zero attached hydrogens (tertiary/aromatic N) is 7. The average molecular weight is 573 g/mol. The van der Waals surface area contributed by atoms with Gasteiger partial charge >= 0.3 is 5.97 Å². The van der Waals surface area contributed by atoms with Crippen LogP contribution in [-0.4, -0.2) is 95.7 Å². The third-order valence-corrected chi connectivity index (χ3v) is 7.52. The van der Waals surface area contributed by atoms with Gasteiger partial charge in [-0.2, -0.15) is 0 Å². The molecule has 1 aliphatic heterocycles. The van der Waals surface area contributed by atoms with Crippen LogP contribution in [0.15, 0.2) is 48.8 Å². The largest absolute Gasteiger partial charge is 0.456 e. The topological polar surface area (TPSA) is 122 Å². The number of likely N-dealkylation sites (tertiary alicyclic amines) is 1. The number of nitrogens with one attached hydrogen (secondary N) is 1. The minimum Gasteiger partial charge on any atom is -0.456 e. The van der Waals surface area contributed by atoms with Crippen molar-refractivity contribution >= 4 is 39.9 Å². The van der Waals surface area contributed by atoms with E-state index in [4.69, 9.17) is 9.72 Å². The van der Waals surface area contributed by atoms with E-state index in [-0.39, 0.29) is 28.2 Å². The summed E-state index contributed by atoms with van der Waals surface area (Å²) in [5.41, 5.74) is 4.23. The molecular weight excluding hydrogens is 536 g/mol. The fraction of sp³-hybridized carbons (Fsp3) is 0.367. The molecule has 0 spiro atoms. The molecular formula is C30H36N8O4. The van der Waals surface area contributed by atoms with Gasteiger partial charge in [-0.05, 0) is 45.8 Å². The predicted molar refractivity (Wildman–Crippen MR) is 164 cm³/mol. The summed E-state index contributed by atoms with van der Waals surface area (Å²) in [6.07, 6.45) is 3.21. The van der Waals surface area contributed by atoms with Crippen molar-refractivity contribution in [1.82, 2.24) is 24.3 Å². The van der Waals surface area contributed by atoms with E-state index in [2.05, 4.69) is 15.2 Å². The van der Waals surface area contributed by atoms with Gasteiger partial charge < -0.3 is 24.4 Å². The first-order chi connectivity index (χ1) is 20.0. The molecule has 0 unspecified atom stereocenters. The summed E-state index contributed by atoms with van der Waals surface area (Å²) >= 11 is 0. The molecule has 0 atom stereocenters. The number of nitro groups is 1. The zero-order valence-electron chi connectivity index (χ0n) is 24.8. The summed E-state index contributed by atoms with van der Waals surface area (Å²) in [5, 5.41) is 16.2. The highest BCUT2D eigenvalue weighted by molar-refractivity contribution is 6.03. The maximum atomic E-state index is 13.3.